The third-order valence-corrected chi connectivity index (χ3v) is 3.10. The fraction of sp³-hybridized carbons (Fsp3) is 0.100. The Labute approximate surface area is 101 Å². The molecule has 0 saturated heterocycles. The minimum Gasteiger partial charge on any atom is -0.290 e. The molecule has 3 N–H and O–H groups in total. The number of aryl methyl sites for hydroxylation is 1. The average Bonchev–Trinajstić information content (AvgIpc) is 2.85. The van der Waals surface area contributed by atoms with Crippen molar-refractivity contribution in [3.8, 4) is 10.6 Å². The van der Waals surface area contributed by atoms with Gasteiger partial charge in [-0.1, -0.05) is 6.07 Å². The highest BCUT2D eigenvalue weighted by Gasteiger charge is 2.14. The second-order valence-corrected chi connectivity index (χ2v) is 4.27. The third kappa shape index (κ3) is 2.10. The monoisotopic (exact) mass is 250 g/mol. The van der Waals surface area contributed by atoms with Crippen molar-refractivity contribution in [2.45, 2.75) is 0 Å². The van der Waals surface area contributed by atoms with E-state index in [0.717, 1.165) is 9.56 Å². The Bertz CT molecular complexity index is 603. The Hall–Kier alpha value is -1.99. The first-order valence-corrected chi connectivity index (χ1v) is 5.64. The Kier molecular flexibility index (Phi) is 3.03. The van der Waals surface area contributed by atoms with E-state index in [1.54, 1.807) is 0 Å². The fourth-order valence-corrected chi connectivity index (χ4v) is 2.08. The summed E-state index contributed by atoms with van der Waals surface area (Å²) in [6.07, 6.45) is 0. The molecule has 2 rings (SSSR count). The Morgan fingerprint density at radius 1 is 1.59 bits per heavy atom. The van der Waals surface area contributed by atoms with Crippen LogP contribution in [0.1, 0.15) is 10.4 Å². The number of aromatic nitrogens is 2. The van der Waals surface area contributed by atoms with Crippen LogP contribution in [0.2, 0.25) is 0 Å². The molecule has 0 fully saturated rings. The van der Waals surface area contributed by atoms with E-state index in [4.69, 9.17) is 5.84 Å². The van der Waals surface area contributed by atoms with Crippen LogP contribution in [-0.4, -0.2) is 15.7 Å². The van der Waals surface area contributed by atoms with Gasteiger partial charge in [0.1, 0.15) is 11.3 Å². The Morgan fingerprint density at radius 2 is 2.35 bits per heavy atom. The normalized spacial score (nSPS) is 10.2. The van der Waals surface area contributed by atoms with Gasteiger partial charge >= 0.3 is 0 Å². The number of carbonyl (C=O) groups is 1. The van der Waals surface area contributed by atoms with E-state index in [2.05, 4.69) is 5.10 Å². The molecule has 0 radical (unpaired) electrons. The number of nitrogens with one attached hydrogen (secondary N) is 1. The summed E-state index contributed by atoms with van der Waals surface area (Å²) in [5.74, 6) is 4.41. The van der Waals surface area contributed by atoms with Crippen LogP contribution >= 0.6 is 11.3 Å². The van der Waals surface area contributed by atoms with Gasteiger partial charge in [-0.25, -0.2) is 10.5 Å². The molecule has 88 valence electrons. The van der Waals surface area contributed by atoms with E-state index < -0.39 is 11.5 Å². The summed E-state index contributed by atoms with van der Waals surface area (Å²) in [6, 6.07) is 5.17. The second kappa shape index (κ2) is 4.48. The van der Waals surface area contributed by atoms with Crippen molar-refractivity contribution in [1.82, 2.24) is 15.2 Å². The van der Waals surface area contributed by atoms with Gasteiger partial charge in [-0.3, -0.25) is 15.0 Å². The molecular formula is C10H10N4O2S. The van der Waals surface area contributed by atoms with Crippen LogP contribution in [0.3, 0.4) is 0 Å². The van der Waals surface area contributed by atoms with Crippen LogP contribution in [0.15, 0.2) is 28.4 Å². The SMILES string of the molecule is Cn1nc(-c2cccs2)cc(C(=O)NN)c1=O. The summed E-state index contributed by atoms with van der Waals surface area (Å²) in [4.78, 5) is 24.0. The quantitative estimate of drug-likeness (QED) is 0.450. The average molecular weight is 250 g/mol. The maximum absolute atomic E-state index is 11.7. The molecule has 2 aromatic heterocycles. The first kappa shape index (κ1) is 11.5. The summed E-state index contributed by atoms with van der Waals surface area (Å²) in [7, 11) is 1.49. The minimum atomic E-state index is -0.620. The minimum absolute atomic E-state index is 0.0200. The van der Waals surface area contributed by atoms with Crippen molar-refractivity contribution in [3.05, 3.63) is 39.5 Å². The zero-order valence-corrected chi connectivity index (χ0v) is 9.82. The van der Waals surface area contributed by atoms with Crippen LogP contribution in [0, 0.1) is 0 Å². The molecule has 0 aromatic carbocycles. The highest BCUT2D eigenvalue weighted by molar-refractivity contribution is 7.13. The molecule has 17 heavy (non-hydrogen) atoms. The van der Waals surface area contributed by atoms with Gasteiger partial charge in [0.05, 0.1) is 4.88 Å². The molecule has 0 aliphatic carbocycles. The Balaban J connectivity index is 2.62. The molecule has 0 saturated carbocycles. The zero-order chi connectivity index (χ0) is 12.4. The Morgan fingerprint density at radius 3 is 2.94 bits per heavy atom. The van der Waals surface area contributed by atoms with Crippen LogP contribution < -0.4 is 16.8 Å². The van der Waals surface area contributed by atoms with E-state index in [1.165, 1.54) is 24.5 Å². The molecule has 6 nitrogen and oxygen atoms in total. The predicted molar refractivity (Wildman–Crippen MR) is 64.4 cm³/mol. The molecule has 0 spiro atoms. The van der Waals surface area contributed by atoms with Gasteiger partial charge in [0.2, 0.25) is 0 Å². The molecule has 0 unspecified atom stereocenters. The summed E-state index contributed by atoms with van der Waals surface area (Å²) in [5.41, 5.74) is 2.02. The lowest BCUT2D eigenvalue weighted by atomic mass is 10.2. The summed E-state index contributed by atoms with van der Waals surface area (Å²) < 4.78 is 1.12. The number of amides is 1. The van der Waals surface area contributed by atoms with Crippen molar-refractivity contribution < 1.29 is 4.79 Å². The first-order chi connectivity index (χ1) is 8.13. The molecule has 0 atom stereocenters. The third-order valence-electron chi connectivity index (χ3n) is 2.21. The van der Waals surface area contributed by atoms with E-state index in [-0.39, 0.29) is 5.56 Å². The molecule has 2 aromatic rings. The highest BCUT2D eigenvalue weighted by Crippen LogP contribution is 2.21. The maximum Gasteiger partial charge on any atom is 0.279 e. The van der Waals surface area contributed by atoms with E-state index in [0.29, 0.717) is 5.69 Å². The number of nitrogens with two attached hydrogens (primary N) is 1. The topological polar surface area (TPSA) is 90.0 Å². The number of thiophene rings is 1. The molecule has 0 aliphatic heterocycles. The van der Waals surface area contributed by atoms with Gasteiger partial charge in [-0.2, -0.15) is 5.10 Å². The second-order valence-electron chi connectivity index (χ2n) is 3.32. The van der Waals surface area contributed by atoms with E-state index in [9.17, 15) is 9.59 Å². The molecule has 7 heteroatoms. The van der Waals surface area contributed by atoms with Crippen LogP contribution in [-0.2, 0) is 7.05 Å². The lowest BCUT2D eigenvalue weighted by Crippen LogP contribution is -2.36. The van der Waals surface area contributed by atoms with Gasteiger partial charge in [-0.15, -0.1) is 11.3 Å². The molecule has 1 amide bonds. The van der Waals surface area contributed by atoms with E-state index >= 15 is 0 Å². The van der Waals surface area contributed by atoms with Crippen molar-refractivity contribution >= 4 is 17.2 Å². The largest absolute Gasteiger partial charge is 0.290 e. The number of hydrogen-bond acceptors (Lipinski definition) is 5. The maximum atomic E-state index is 11.7. The van der Waals surface area contributed by atoms with Crippen LogP contribution in [0.25, 0.3) is 10.6 Å². The molecular weight excluding hydrogens is 240 g/mol. The number of nitrogens with zero attached hydrogens (tertiary/aromatic N) is 2. The van der Waals surface area contributed by atoms with E-state index in [1.807, 2.05) is 22.9 Å². The van der Waals surface area contributed by atoms with Crippen molar-refractivity contribution in [2.24, 2.45) is 12.9 Å². The molecule has 0 bridgehead atoms. The molecule has 0 aliphatic rings. The summed E-state index contributed by atoms with van der Waals surface area (Å²) >= 11 is 1.48. The van der Waals surface area contributed by atoms with Gasteiger partial charge in [0, 0.05) is 7.05 Å². The van der Waals surface area contributed by atoms with Crippen molar-refractivity contribution in [2.75, 3.05) is 0 Å². The summed E-state index contributed by atoms with van der Waals surface area (Å²) in [6.45, 7) is 0. The standard InChI is InChI=1S/C10H10N4O2S/c1-14-10(16)6(9(15)12-11)5-7(13-14)8-3-2-4-17-8/h2-5H,11H2,1H3,(H,12,15). The first-order valence-electron chi connectivity index (χ1n) is 4.76. The van der Waals surface area contributed by atoms with Crippen molar-refractivity contribution in [1.29, 1.82) is 0 Å². The van der Waals surface area contributed by atoms with Gasteiger partial charge in [0.25, 0.3) is 11.5 Å². The van der Waals surface area contributed by atoms with Crippen molar-refractivity contribution in [3.63, 3.8) is 0 Å². The number of carbonyl (C=O) groups excluding carboxylic acids is 1. The smallest absolute Gasteiger partial charge is 0.279 e. The zero-order valence-electron chi connectivity index (χ0n) is 9.01. The number of nitrogen functional groups attached to an aromatic ring is 1. The lowest BCUT2D eigenvalue weighted by Gasteiger charge is -2.04. The highest BCUT2D eigenvalue weighted by atomic mass is 32.1. The summed E-state index contributed by atoms with van der Waals surface area (Å²) in [5, 5.41) is 5.98. The van der Waals surface area contributed by atoms with Gasteiger partial charge in [-0.05, 0) is 17.5 Å². The van der Waals surface area contributed by atoms with Gasteiger partial charge < -0.3 is 0 Å². The van der Waals surface area contributed by atoms with Gasteiger partial charge in [0.15, 0.2) is 0 Å². The number of hydrazine groups is 1. The number of rotatable bonds is 2. The fourth-order valence-electron chi connectivity index (χ4n) is 1.39. The van der Waals surface area contributed by atoms with Crippen LogP contribution in [0.4, 0.5) is 0 Å². The lowest BCUT2D eigenvalue weighted by molar-refractivity contribution is 0.0951. The predicted octanol–water partition coefficient (Wildman–Crippen LogP) is 0.112. The molecule has 2 heterocycles. The van der Waals surface area contributed by atoms with Crippen LogP contribution in [0.5, 0.6) is 0 Å². The number of hydrogen-bond donors (Lipinski definition) is 2.